The van der Waals surface area contributed by atoms with Gasteiger partial charge in [-0.1, -0.05) is 103 Å². The molecule has 0 fully saturated rings. The van der Waals surface area contributed by atoms with Gasteiger partial charge in [-0.05, 0) is 18.8 Å². The van der Waals surface area contributed by atoms with Crippen LogP contribution in [0.1, 0.15) is 110 Å². The Hall–Kier alpha value is -0.480. The quantitative estimate of drug-likeness (QED) is 0.255. The second-order valence-electron chi connectivity index (χ2n) is 7.25. The molecule has 0 heterocycles. The molecule has 1 nitrogen and oxygen atoms in total. The molecule has 1 heteroatoms. The molecule has 1 N–H and O–H groups in total. The van der Waals surface area contributed by atoms with E-state index in [1.165, 1.54) is 83.5 Å². The van der Waals surface area contributed by atoms with Crippen molar-refractivity contribution in [3.63, 3.8) is 0 Å². The molecule has 0 radical (unpaired) electrons. The number of aliphatic hydroxyl groups excluding tert-OH is 1. The zero-order valence-electron chi connectivity index (χ0n) is 15.3. The van der Waals surface area contributed by atoms with E-state index in [2.05, 4.69) is 19.8 Å². The monoisotopic (exact) mass is 308 g/mol. The van der Waals surface area contributed by atoms with E-state index in [0.29, 0.717) is 0 Å². The summed E-state index contributed by atoms with van der Waals surface area (Å²) in [7, 11) is 0. The van der Waals surface area contributed by atoms with E-state index in [-0.39, 0.29) is 0 Å². The first-order valence-corrected chi connectivity index (χ1v) is 9.81. The molecule has 0 saturated heterocycles. The molecule has 0 aromatic carbocycles. The summed E-state index contributed by atoms with van der Waals surface area (Å²) in [6, 6.07) is 0. The van der Waals surface area contributed by atoms with Crippen molar-refractivity contribution in [3.8, 4) is 12.3 Å². The first-order valence-electron chi connectivity index (χ1n) is 9.81. The average molecular weight is 309 g/mol. The van der Waals surface area contributed by atoms with Gasteiger partial charge in [0.2, 0.25) is 0 Å². The van der Waals surface area contributed by atoms with Gasteiger partial charge in [-0.3, -0.25) is 0 Å². The highest BCUT2D eigenvalue weighted by molar-refractivity contribution is 4.92. The minimum absolute atomic E-state index is 0.523. The molecule has 0 aromatic heterocycles. The maximum Gasteiger partial charge on any atom is 0.114 e. The van der Waals surface area contributed by atoms with Crippen LogP contribution < -0.4 is 0 Å². The minimum atomic E-state index is -0.523. The molecule has 0 saturated carbocycles. The Morgan fingerprint density at radius 2 is 0.955 bits per heavy atom. The van der Waals surface area contributed by atoms with Gasteiger partial charge in [-0.25, -0.2) is 0 Å². The van der Waals surface area contributed by atoms with E-state index < -0.39 is 6.10 Å². The minimum Gasteiger partial charge on any atom is -0.380 e. The van der Waals surface area contributed by atoms with Crippen LogP contribution in [0.5, 0.6) is 0 Å². The highest BCUT2D eigenvalue weighted by Gasteiger charge is 1.98. The van der Waals surface area contributed by atoms with Crippen molar-refractivity contribution in [1.29, 1.82) is 0 Å². The van der Waals surface area contributed by atoms with E-state index >= 15 is 0 Å². The van der Waals surface area contributed by atoms with Crippen molar-refractivity contribution >= 4 is 0 Å². The predicted molar refractivity (Wildman–Crippen MR) is 98.9 cm³/mol. The van der Waals surface area contributed by atoms with E-state index in [1.807, 2.05) is 0 Å². The zero-order chi connectivity index (χ0) is 16.5. The van der Waals surface area contributed by atoms with E-state index in [0.717, 1.165) is 18.8 Å². The van der Waals surface area contributed by atoms with Crippen LogP contribution >= 0.6 is 0 Å². The third kappa shape index (κ3) is 17.6. The Morgan fingerprint density at radius 1 is 0.636 bits per heavy atom. The second kappa shape index (κ2) is 16.9. The van der Waals surface area contributed by atoms with Crippen LogP contribution in [0.3, 0.4) is 0 Å². The van der Waals surface area contributed by atoms with Crippen LogP contribution in [0.25, 0.3) is 0 Å². The van der Waals surface area contributed by atoms with E-state index in [9.17, 15) is 5.11 Å². The van der Waals surface area contributed by atoms with Crippen LogP contribution in [-0.4, -0.2) is 11.2 Å². The topological polar surface area (TPSA) is 20.2 Å². The highest BCUT2D eigenvalue weighted by atomic mass is 16.3. The van der Waals surface area contributed by atoms with Gasteiger partial charge in [-0.2, -0.15) is 0 Å². The Morgan fingerprint density at radius 3 is 1.27 bits per heavy atom. The smallest absolute Gasteiger partial charge is 0.114 e. The molecule has 0 unspecified atom stereocenters. The molecule has 0 rings (SSSR count). The lowest BCUT2D eigenvalue weighted by Crippen LogP contribution is -2.01. The summed E-state index contributed by atoms with van der Waals surface area (Å²) in [4.78, 5) is 0. The van der Waals surface area contributed by atoms with E-state index in [1.54, 1.807) is 0 Å². The summed E-state index contributed by atoms with van der Waals surface area (Å²) in [5.41, 5.74) is 0. The van der Waals surface area contributed by atoms with Gasteiger partial charge in [0, 0.05) is 0 Å². The fraction of sp³-hybridized carbons (Fsp3) is 0.905. The number of terminal acetylenes is 1. The van der Waals surface area contributed by atoms with Crippen LogP contribution in [0.4, 0.5) is 0 Å². The third-order valence-corrected chi connectivity index (χ3v) is 4.45. The van der Waals surface area contributed by atoms with E-state index in [4.69, 9.17) is 6.42 Å². The molecule has 0 bridgehead atoms. The number of rotatable bonds is 16. The average Bonchev–Trinajstić information content (AvgIpc) is 2.50. The Labute approximate surface area is 140 Å². The number of hydrogen-bond donors (Lipinski definition) is 1. The Balaban J connectivity index is 3.01. The lowest BCUT2D eigenvalue weighted by atomic mass is 10.0. The van der Waals surface area contributed by atoms with Crippen molar-refractivity contribution in [1.82, 2.24) is 0 Å². The normalized spacial score (nSPS) is 12.5. The molecule has 130 valence electrons. The van der Waals surface area contributed by atoms with Crippen molar-refractivity contribution in [3.05, 3.63) is 0 Å². The molecule has 0 spiro atoms. The first-order chi connectivity index (χ1) is 10.7. The first kappa shape index (κ1) is 21.5. The summed E-state index contributed by atoms with van der Waals surface area (Å²) < 4.78 is 0. The summed E-state index contributed by atoms with van der Waals surface area (Å²) in [6.45, 7) is 4.64. The molecule has 22 heavy (non-hydrogen) atoms. The highest BCUT2D eigenvalue weighted by Crippen LogP contribution is 2.14. The lowest BCUT2D eigenvalue weighted by Gasteiger charge is -2.05. The molecule has 0 aliphatic rings. The largest absolute Gasteiger partial charge is 0.380 e. The Kier molecular flexibility index (Phi) is 16.5. The zero-order valence-corrected chi connectivity index (χ0v) is 15.3. The molecule has 1 atom stereocenters. The van der Waals surface area contributed by atoms with Crippen molar-refractivity contribution < 1.29 is 5.11 Å². The maximum absolute atomic E-state index is 9.24. The van der Waals surface area contributed by atoms with Crippen molar-refractivity contribution in [2.45, 2.75) is 116 Å². The SMILES string of the molecule is C#C[C@H](O)CCCCCCCCCCCCCCCC(C)C. The maximum atomic E-state index is 9.24. The van der Waals surface area contributed by atoms with Gasteiger partial charge in [0.25, 0.3) is 0 Å². The van der Waals surface area contributed by atoms with Crippen LogP contribution in [0.15, 0.2) is 0 Å². The summed E-state index contributed by atoms with van der Waals surface area (Å²) in [5.74, 6) is 3.25. The summed E-state index contributed by atoms with van der Waals surface area (Å²) in [5, 5.41) is 9.24. The van der Waals surface area contributed by atoms with Gasteiger partial charge < -0.3 is 5.11 Å². The summed E-state index contributed by atoms with van der Waals surface area (Å²) >= 11 is 0. The van der Waals surface area contributed by atoms with Crippen LogP contribution in [0, 0.1) is 18.3 Å². The van der Waals surface area contributed by atoms with Crippen molar-refractivity contribution in [2.24, 2.45) is 5.92 Å². The van der Waals surface area contributed by atoms with Gasteiger partial charge in [0.1, 0.15) is 6.10 Å². The van der Waals surface area contributed by atoms with Gasteiger partial charge in [0.05, 0.1) is 0 Å². The number of hydrogen-bond acceptors (Lipinski definition) is 1. The van der Waals surface area contributed by atoms with Gasteiger partial charge in [-0.15, -0.1) is 6.42 Å². The fourth-order valence-electron chi connectivity index (χ4n) is 2.92. The molecule has 0 aromatic rings. The molecule has 0 aliphatic heterocycles. The third-order valence-electron chi connectivity index (χ3n) is 4.45. The Bertz CT molecular complexity index is 251. The molecule has 0 aliphatic carbocycles. The van der Waals surface area contributed by atoms with Crippen LogP contribution in [-0.2, 0) is 0 Å². The summed E-state index contributed by atoms with van der Waals surface area (Å²) in [6.07, 6.45) is 24.5. The number of aliphatic hydroxyl groups is 1. The molecule has 0 amide bonds. The molecular weight excluding hydrogens is 268 g/mol. The number of unbranched alkanes of at least 4 members (excludes halogenated alkanes) is 12. The van der Waals surface area contributed by atoms with Crippen molar-refractivity contribution in [2.75, 3.05) is 0 Å². The lowest BCUT2D eigenvalue weighted by molar-refractivity contribution is 0.217. The van der Waals surface area contributed by atoms with Gasteiger partial charge >= 0.3 is 0 Å². The predicted octanol–water partition coefficient (Wildman–Crippen LogP) is 6.49. The second-order valence-corrected chi connectivity index (χ2v) is 7.25. The van der Waals surface area contributed by atoms with Crippen LogP contribution in [0.2, 0.25) is 0 Å². The molecular formula is C21H40O. The standard InChI is InChI=1S/C21H40O/c1-4-21(22)19-17-15-13-11-9-7-5-6-8-10-12-14-16-18-20(2)3/h1,20-22H,5-19H2,2-3H3/t21-/m0/s1. The fourth-order valence-corrected chi connectivity index (χ4v) is 2.92. The van der Waals surface area contributed by atoms with Gasteiger partial charge in [0.15, 0.2) is 0 Å².